The van der Waals surface area contributed by atoms with Crippen LogP contribution < -0.4 is 5.32 Å². The number of aromatic nitrogens is 2. The van der Waals surface area contributed by atoms with Crippen LogP contribution in [0.4, 0.5) is 5.69 Å². The normalized spacial score (nSPS) is 14.3. The van der Waals surface area contributed by atoms with Gasteiger partial charge in [0.25, 0.3) is 5.91 Å². The maximum Gasteiger partial charge on any atom is 0.255 e. The first-order valence-electron chi connectivity index (χ1n) is 8.67. The van der Waals surface area contributed by atoms with Gasteiger partial charge in [-0.15, -0.1) is 0 Å². The van der Waals surface area contributed by atoms with E-state index < -0.39 is 0 Å². The smallest absolute Gasteiger partial charge is 0.255 e. The number of anilines is 1. The van der Waals surface area contributed by atoms with Crippen molar-refractivity contribution in [2.75, 3.05) is 18.4 Å². The van der Waals surface area contributed by atoms with Gasteiger partial charge in [-0.2, -0.15) is 4.98 Å². The van der Waals surface area contributed by atoms with Gasteiger partial charge in [-0.3, -0.25) is 4.79 Å². The van der Waals surface area contributed by atoms with Crippen molar-refractivity contribution in [3.05, 3.63) is 40.5 Å². The van der Waals surface area contributed by atoms with Crippen molar-refractivity contribution in [2.24, 2.45) is 5.92 Å². The molecule has 0 bridgehead atoms. The predicted octanol–water partition coefficient (Wildman–Crippen LogP) is 3.77. The van der Waals surface area contributed by atoms with Gasteiger partial charge in [0.05, 0.1) is 12.1 Å². The summed E-state index contributed by atoms with van der Waals surface area (Å²) in [4.78, 5) is 19.0. The summed E-state index contributed by atoms with van der Waals surface area (Å²) in [5.74, 6) is 1.69. The highest BCUT2D eigenvalue weighted by Crippen LogP contribution is 2.24. The molecule has 1 aromatic heterocycles. The zero-order valence-electron chi connectivity index (χ0n) is 14.6. The molecule has 3 rings (SSSR count). The summed E-state index contributed by atoms with van der Waals surface area (Å²) >= 11 is 6.11. The third-order valence-corrected chi connectivity index (χ3v) is 4.37. The summed E-state index contributed by atoms with van der Waals surface area (Å²) in [6.07, 6.45) is 2.89. The average molecular weight is 363 g/mol. The topological polar surface area (TPSA) is 71.3 Å². The Morgan fingerprint density at radius 2 is 2.12 bits per heavy atom. The molecule has 1 aromatic carbocycles. The Morgan fingerprint density at radius 1 is 1.36 bits per heavy atom. The van der Waals surface area contributed by atoms with Gasteiger partial charge in [0.15, 0.2) is 5.82 Å². The second-order valence-corrected chi connectivity index (χ2v) is 7.18. The van der Waals surface area contributed by atoms with Crippen LogP contribution in [0.3, 0.4) is 0 Å². The second kappa shape index (κ2) is 7.87. The molecule has 25 heavy (non-hydrogen) atoms. The van der Waals surface area contributed by atoms with Gasteiger partial charge >= 0.3 is 0 Å². The molecule has 1 amide bonds. The van der Waals surface area contributed by atoms with E-state index in [2.05, 4.69) is 29.3 Å². The standard InChI is InChI=1S/C18H23ClN4O2/c1-12(2)9-16-21-17(25-22-16)11-20-15-10-13(19)5-6-14(15)18(24)23-7-3-4-8-23/h5-6,10,12,20H,3-4,7-9,11H2,1-2H3. The van der Waals surface area contributed by atoms with Crippen LogP contribution in [0.5, 0.6) is 0 Å². The Labute approximate surface area is 152 Å². The summed E-state index contributed by atoms with van der Waals surface area (Å²) in [5, 5.41) is 7.77. The first-order valence-corrected chi connectivity index (χ1v) is 9.05. The molecule has 0 saturated carbocycles. The number of carbonyl (C=O) groups is 1. The summed E-state index contributed by atoms with van der Waals surface area (Å²) in [6, 6.07) is 5.27. The largest absolute Gasteiger partial charge is 0.375 e. The van der Waals surface area contributed by atoms with Crippen molar-refractivity contribution in [3.8, 4) is 0 Å². The molecular formula is C18H23ClN4O2. The number of amides is 1. The number of nitrogens with zero attached hydrogens (tertiary/aromatic N) is 3. The Kier molecular flexibility index (Phi) is 5.58. The van der Waals surface area contributed by atoms with Gasteiger partial charge in [0.2, 0.25) is 5.89 Å². The molecule has 2 aromatic rings. The lowest BCUT2D eigenvalue weighted by Crippen LogP contribution is -2.28. The molecule has 6 nitrogen and oxygen atoms in total. The molecule has 0 radical (unpaired) electrons. The highest BCUT2D eigenvalue weighted by Gasteiger charge is 2.22. The number of carbonyl (C=O) groups excluding carboxylic acids is 1. The zero-order valence-corrected chi connectivity index (χ0v) is 15.3. The number of benzene rings is 1. The van der Waals surface area contributed by atoms with Crippen LogP contribution in [-0.2, 0) is 13.0 Å². The minimum absolute atomic E-state index is 0.0303. The van der Waals surface area contributed by atoms with Gasteiger partial charge in [-0.1, -0.05) is 30.6 Å². The van der Waals surface area contributed by atoms with Crippen LogP contribution in [0, 0.1) is 5.92 Å². The highest BCUT2D eigenvalue weighted by molar-refractivity contribution is 6.31. The SMILES string of the molecule is CC(C)Cc1noc(CNc2cc(Cl)ccc2C(=O)N2CCCC2)n1. The van der Waals surface area contributed by atoms with Crippen LogP contribution in [0.2, 0.25) is 5.02 Å². The highest BCUT2D eigenvalue weighted by atomic mass is 35.5. The van der Waals surface area contributed by atoms with Gasteiger partial charge in [-0.05, 0) is 37.0 Å². The van der Waals surface area contributed by atoms with Crippen LogP contribution in [0.1, 0.15) is 48.8 Å². The molecule has 0 atom stereocenters. The summed E-state index contributed by atoms with van der Waals surface area (Å²) in [5.41, 5.74) is 1.31. The third kappa shape index (κ3) is 4.51. The number of halogens is 1. The molecule has 7 heteroatoms. The monoisotopic (exact) mass is 362 g/mol. The van der Waals surface area contributed by atoms with Crippen LogP contribution >= 0.6 is 11.6 Å². The van der Waals surface area contributed by atoms with E-state index in [9.17, 15) is 4.79 Å². The van der Waals surface area contributed by atoms with E-state index in [1.807, 2.05) is 4.90 Å². The van der Waals surface area contributed by atoms with Crippen molar-refractivity contribution >= 4 is 23.2 Å². The molecule has 0 unspecified atom stereocenters. The van der Waals surface area contributed by atoms with Crippen LogP contribution in [0.25, 0.3) is 0 Å². The number of hydrogen-bond acceptors (Lipinski definition) is 5. The predicted molar refractivity (Wildman–Crippen MR) is 96.8 cm³/mol. The van der Waals surface area contributed by atoms with Crippen molar-refractivity contribution in [1.29, 1.82) is 0 Å². The average Bonchev–Trinajstić information content (AvgIpc) is 3.23. The summed E-state index contributed by atoms with van der Waals surface area (Å²) < 4.78 is 5.27. The van der Waals surface area contributed by atoms with E-state index >= 15 is 0 Å². The van der Waals surface area contributed by atoms with Crippen molar-refractivity contribution in [1.82, 2.24) is 15.0 Å². The Morgan fingerprint density at radius 3 is 2.84 bits per heavy atom. The lowest BCUT2D eigenvalue weighted by Gasteiger charge is -2.18. The fraction of sp³-hybridized carbons (Fsp3) is 0.500. The maximum atomic E-state index is 12.7. The quantitative estimate of drug-likeness (QED) is 0.846. The van der Waals surface area contributed by atoms with E-state index in [4.69, 9.17) is 16.1 Å². The molecule has 1 N–H and O–H groups in total. The van der Waals surface area contributed by atoms with Gasteiger partial charge in [0.1, 0.15) is 0 Å². The Bertz CT molecular complexity index is 738. The first-order chi connectivity index (χ1) is 12.0. The van der Waals surface area contributed by atoms with E-state index in [0.717, 1.165) is 32.4 Å². The second-order valence-electron chi connectivity index (χ2n) is 6.75. The summed E-state index contributed by atoms with van der Waals surface area (Å²) in [7, 11) is 0. The maximum absolute atomic E-state index is 12.7. The molecular weight excluding hydrogens is 340 g/mol. The van der Waals surface area contributed by atoms with Crippen LogP contribution in [-0.4, -0.2) is 34.0 Å². The third-order valence-electron chi connectivity index (χ3n) is 4.14. The van der Waals surface area contributed by atoms with E-state index in [1.54, 1.807) is 18.2 Å². The fourth-order valence-electron chi connectivity index (χ4n) is 2.92. The summed E-state index contributed by atoms with van der Waals surface area (Å²) in [6.45, 7) is 6.19. The Hall–Kier alpha value is -2.08. The van der Waals surface area contributed by atoms with Gasteiger partial charge in [-0.25, -0.2) is 0 Å². The van der Waals surface area contributed by atoms with Crippen LogP contribution in [0.15, 0.2) is 22.7 Å². The molecule has 1 fully saturated rings. The molecule has 1 aliphatic heterocycles. The number of likely N-dealkylation sites (tertiary alicyclic amines) is 1. The minimum Gasteiger partial charge on any atom is -0.375 e. The molecule has 1 aliphatic rings. The number of rotatable bonds is 6. The fourth-order valence-corrected chi connectivity index (χ4v) is 3.09. The molecule has 134 valence electrons. The van der Waals surface area contributed by atoms with Crippen molar-refractivity contribution in [3.63, 3.8) is 0 Å². The molecule has 0 aliphatic carbocycles. The zero-order chi connectivity index (χ0) is 17.8. The molecule has 0 spiro atoms. The minimum atomic E-state index is 0.0303. The number of nitrogens with one attached hydrogen (secondary N) is 1. The van der Waals surface area contributed by atoms with Crippen molar-refractivity contribution < 1.29 is 9.32 Å². The molecule has 2 heterocycles. The lowest BCUT2D eigenvalue weighted by molar-refractivity contribution is 0.0793. The van der Waals surface area contributed by atoms with E-state index in [0.29, 0.717) is 40.5 Å². The van der Waals surface area contributed by atoms with E-state index in [-0.39, 0.29) is 5.91 Å². The van der Waals surface area contributed by atoms with E-state index in [1.165, 1.54) is 0 Å². The number of hydrogen-bond donors (Lipinski definition) is 1. The van der Waals surface area contributed by atoms with Crippen molar-refractivity contribution in [2.45, 2.75) is 39.7 Å². The first kappa shape index (κ1) is 17.7. The van der Waals surface area contributed by atoms with Gasteiger partial charge < -0.3 is 14.7 Å². The lowest BCUT2D eigenvalue weighted by atomic mass is 10.1. The Balaban J connectivity index is 1.71. The van der Waals surface area contributed by atoms with Gasteiger partial charge in [0, 0.05) is 30.2 Å². The molecule has 1 saturated heterocycles.